The van der Waals surface area contributed by atoms with Crippen molar-refractivity contribution in [1.82, 2.24) is 0 Å². The molecule has 0 bridgehead atoms. The maximum absolute atomic E-state index is 9.34. The van der Waals surface area contributed by atoms with E-state index in [0.29, 0.717) is 6.61 Å². The van der Waals surface area contributed by atoms with Gasteiger partial charge in [0, 0.05) is 0 Å². The van der Waals surface area contributed by atoms with Crippen LogP contribution in [0.15, 0.2) is 24.3 Å². The van der Waals surface area contributed by atoms with Crippen LogP contribution in [-0.2, 0) is 0 Å². The van der Waals surface area contributed by atoms with E-state index in [4.69, 9.17) is 4.74 Å². The highest BCUT2D eigenvalue weighted by Crippen LogP contribution is 2.18. The summed E-state index contributed by atoms with van der Waals surface area (Å²) in [5, 5.41) is 9.34. The van der Waals surface area contributed by atoms with Crippen LogP contribution in [0.2, 0.25) is 0 Å². The molecule has 1 aromatic carbocycles. The van der Waals surface area contributed by atoms with E-state index >= 15 is 0 Å². The number of ether oxygens (including phenoxy) is 1. The Bertz CT molecular complexity index is 345. The second-order valence-corrected chi connectivity index (χ2v) is 2.96. The summed E-state index contributed by atoms with van der Waals surface area (Å²) in [6.07, 6.45) is -0.462. The van der Waals surface area contributed by atoms with E-state index in [1.807, 2.05) is 24.3 Å². The van der Waals surface area contributed by atoms with Crippen LogP contribution in [-0.4, -0.2) is 11.7 Å². The highest BCUT2D eigenvalue weighted by Gasteiger charge is 2.01. The van der Waals surface area contributed by atoms with Gasteiger partial charge in [-0.15, -0.1) is 5.92 Å². The zero-order valence-electron chi connectivity index (χ0n) is 8.45. The fraction of sp³-hybridized carbons (Fsp3) is 0.333. The van der Waals surface area contributed by atoms with Gasteiger partial charge in [0.1, 0.15) is 12.4 Å². The largest absolute Gasteiger partial charge is 0.481 e. The predicted octanol–water partition coefficient (Wildman–Crippen LogP) is 2.14. The molecule has 0 aliphatic carbocycles. The Hall–Kier alpha value is -1.46. The van der Waals surface area contributed by atoms with Crippen molar-refractivity contribution in [3.05, 3.63) is 29.8 Å². The van der Waals surface area contributed by atoms with Gasteiger partial charge in [-0.1, -0.05) is 18.1 Å². The van der Waals surface area contributed by atoms with Crippen molar-refractivity contribution < 1.29 is 9.84 Å². The zero-order valence-corrected chi connectivity index (χ0v) is 8.45. The van der Waals surface area contributed by atoms with Crippen molar-refractivity contribution in [1.29, 1.82) is 0 Å². The minimum Gasteiger partial charge on any atom is -0.481 e. The van der Waals surface area contributed by atoms with Crippen LogP contribution in [0.25, 0.3) is 0 Å². The number of benzene rings is 1. The van der Waals surface area contributed by atoms with E-state index in [1.54, 1.807) is 13.8 Å². The summed E-state index contributed by atoms with van der Waals surface area (Å²) in [6.45, 7) is 3.89. The maximum atomic E-state index is 9.34. The molecule has 0 aromatic heterocycles. The Morgan fingerprint density at radius 1 is 1.50 bits per heavy atom. The first-order valence-corrected chi connectivity index (χ1v) is 4.54. The van der Waals surface area contributed by atoms with Gasteiger partial charge in [0.15, 0.2) is 0 Å². The third-order valence-electron chi connectivity index (χ3n) is 1.83. The average molecular weight is 190 g/mol. The van der Waals surface area contributed by atoms with Crippen molar-refractivity contribution >= 4 is 0 Å². The fourth-order valence-electron chi connectivity index (χ4n) is 1.06. The molecule has 14 heavy (non-hydrogen) atoms. The van der Waals surface area contributed by atoms with Gasteiger partial charge in [0.2, 0.25) is 0 Å². The zero-order chi connectivity index (χ0) is 10.4. The SMILES string of the molecule is CC#CCOc1cccc([C@@H](C)O)c1. The fourth-order valence-corrected chi connectivity index (χ4v) is 1.06. The standard InChI is InChI=1S/C12H14O2/c1-3-4-8-14-12-7-5-6-11(9-12)10(2)13/h5-7,9-10,13H,8H2,1-2H3/t10-/m1/s1. The van der Waals surface area contributed by atoms with Gasteiger partial charge >= 0.3 is 0 Å². The van der Waals surface area contributed by atoms with Crippen LogP contribution in [0.4, 0.5) is 0 Å². The quantitative estimate of drug-likeness (QED) is 0.740. The molecule has 2 nitrogen and oxygen atoms in total. The average Bonchev–Trinajstić information content (AvgIpc) is 2.19. The van der Waals surface area contributed by atoms with Gasteiger partial charge in [0.25, 0.3) is 0 Å². The highest BCUT2D eigenvalue weighted by atomic mass is 16.5. The molecule has 0 saturated carbocycles. The Balaban J connectivity index is 2.67. The number of rotatable bonds is 3. The number of aliphatic hydroxyl groups excluding tert-OH is 1. The Morgan fingerprint density at radius 2 is 2.29 bits per heavy atom. The van der Waals surface area contributed by atoms with Crippen LogP contribution in [0.1, 0.15) is 25.5 Å². The highest BCUT2D eigenvalue weighted by molar-refractivity contribution is 5.29. The topological polar surface area (TPSA) is 29.5 Å². The first-order valence-electron chi connectivity index (χ1n) is 4.54. The molecule has 2 heteroatoms. The van der Waals surface area contributed by atoms with E-state index in [1.165, 1.54) is 0 Å². The van der Waals surface area contributed by atoms with Gasteiger partial charge < -0.3 is 9.84 Å². The molecule has 0 saturated heterocycles. The molecule has 0 radical (unpaired) electrons. The molecule has 0 heterocycles. The molecule has 0 amide bonds. The molecule has 0 unspecified atom stereocenters. The van der Waals surface area contributed by atoms with E-state index in [0.717, 1.165) is 11.3 Å². The smallest absolute Gasteiger partial charge is 0.149 e. The van der Waals surface area contributed by atoms with Crippen molar-refractivity contribution in [3.8, 4) is 17.6 Å². The molecule has 0 aliphatic heterocycles. The maximum Gasteiger partial charge on any atom is 0.149 e. The monoisotopic (exact) mass is 190 g/mol. The second-order valence-electron chi connectivity index (χ2n) is 2.96. The molecule has 0 fully saturated rings. The molecular formula is C12H14O2. The van der Waals surface area contributed by atoms with Gasteiger partial charge in [-0.05, 0) is 31.5 Å². The Labute approximate surface area is 84.5 Å². The van der Waals surface area contributed by atoms with E-state index < -0.39 is 6.10 Å². The van der Waals surface area contributed by atoms with Crippen LogP contribution >= 0.6 is 0 Å². The number of aliphatic hydroxyl groups is 1. The Kier molecular flexibility index (Phi) is 4.03. The lowest BCUT2D eigenvalue weighted by Gasteiger charge is -2.07. The molecular weight excluding hydrogens is 176 g/mol. The summed E-state index contributed by atoms with van der Waals surface area (Å²) < 4.78 is 5.35. The molecule has 0 aliphatic rings. The van der Waals surface area contributed by atoms with E-state index in [9.17, 15) is 5.11 Å². The molecule has 1 rings (SSSR count). The lowest BCUT2D eigenvalue weighted by atomic mass is 10.1. The number of hydrogen-bond donors (Lipinski definition) is 1. The van der Waals surface area contributed by atoms with Crippen molar-refractivity contribution in [3.63, 3.8) is 0 Å². The van der Waals surface area contributed by atoms with Crippen LogP contribution < -0.4 is 4.74 Å². The molecule has 74 valence electrons. The first-order chi connectivity index (χ1) is 6.74. The Morgan fingerprint density at radius 3 is 2.93 bits per heavy atom. The summed E-state index contributed by atoms with van der Waals surface area (Å²) in [4.78, 5) is 0. The molecule has 1 aromatic rings. The van der Waals surface area contributed by atoms with Gasteiger partial charge in [-0.2, -0.15) is 0 Å². The lowest BCUT2D eigenvalue weighted by Crippen LogP contribution is -1.96. The van der Waals surface area contributed by atoms with Crippen molar-refractivity contribution in [2.45, 2.75) is 20.0 Å². The predicted molar refractivity (Wildman–Crippen MR) is 56.0 cm³/mol. The second kappa shape index (κ2) is 5.31. The summed E-state index contributed by atoms with van der Waals surface area (Å²) in [5.41, 5.74) is 0.854. The summed E-state index contributed by atoms with van der Waals surface area (Å²) >= 11 is 0. The lowest BCUT2D eigenvalue weighted by molar-refractivity contribution is 0.198. The van der Waals surface area contributed by atoms with Crippen molar-refractivity contribution in [2.24, 2.45) is 0 Å². The first kappa shape index (κ1) is 10.6. The van der Waals surface area contributed by atoms with E-state index in [-0.39, 0.29) is 0 Å². The van der Waals surface area contributed by atoms with Crippen LogP contribution in [0, 0.1) is 11.8 Å². The minimum atomic E-state index is -0.462. The molecule has 0 spiro atoms. The van der Waals surface area contributed by atoms with Crippen molar-refractivity contribution in [2.75, 3.05) is 6.61 Å². The summed E-state index contributed by atoms with van der Waals surface area (Å²) in [6, 6.07) is 7.39. The van der Waals surface area contributed by atoms with Crippen LogP contribution in [0.5, 0.6) is 5.75 Å². The van der Waals surface area contributed by atoms with E-state index in [2.05, 4.69) is 11.8 Å². The molecule has 1 N–H and O–H groups in total. The van der Waals surface area contributed by atoms with Crippen LogP contribution in [0.3, 0.4) is 0 Å². The third kappa shape index (κ3) is 3.12. The summed E-state index contributed by atoms with van der Waals surface area (Å²) in [5.74, 6) is 6.30. The molecule has 1 atom stereocenters. The normalized spacial score (nSPS) is 11.4. The third-order valence-corrected chi connectivity index (χ3v) is 1.83. The number of hydrogen-bond acceptors (Lipinski definition) is 2. The van der Waals surface area contributed by atoms with Gasteiger partial charge in [0.05, 0.1) is 6.10 Å². The summed E-state index contributed by atoms with van der Waals surface area (Å²) in [7, 11) is 0. The minimum absolute atomic E-state index is 0.389. The van der Waals surface area contributed by atoms with Gasteiger partial charge in [-0.25, -0.2) is 0 Å². The van der Waals surface area contributed by atoms with Gasteiger partial charge in [-0.3, -0.25) is 0 Å².